The van der Waals surface area contributed by atoms with E-state index >= 15 is 0 Å². The first-order chi connectivity index (χ1) is 68.2. The number of methoxy groups -OCH3 is 3. The predicted molar refractivity (Wildman–Crippen MR) is 575 cm³/mol. The highest BCUT2D eigenvalue weighted by atomic mass is 127. The topological polar surface area (TPSA) is 343 Å². The number of rotatable bonds is 34. The SMILES string of the molecule is COc1ccc(C2=CC(COC(=O)CCCCCl)OC2=O)cc1Br.COc1ccc(C2=CC(COC(=O)CCCCl)OC2=O)cc1Br.COc1ccc(C2=CC(COC(=O)c3cccc(I)c3)OC2=O)cc1Br.O=C(CCCCl)OCC1C=C(c2cccc(Br)c2)C(=O)O1.O=C1OC(COC(=O)c2cccc(I)c2)C=C1c1cccc(Br)c1.O=C1OC(COC(=O)c2cccc(I)c2)C=C1c1cccc(Cl)c1. The summed E-state index contributed by atoms with van der Waals surface area (Å²) in [5.41, 5.74) is 8.44. The van der Waals surface area contributed by atoms with Crippen LogP contribution in [0, 0.1) is 10.7 Å². The summed E-state index contributed by atoms with van der Waals surface area (Å²) in [5, 5.41) is 0.537. The van der Waals surface area contributed by atoms with Gasteiger partial charge in [-0.2, -0.15) is 0 Å². The van der Waals surface area contributed by atoms with Crippen LogP contribution in [-0.4, -0.2) is 187 Å². The molecule has 6 unspecified atom stereocenters. The van der Waals surface area contributed by atoms with Gasteiger partial charge >= 0.3 is 71.6 Å². The number of esters is 12. The Bertz CT molecular complexity index is 6190. The van der Waals surface area contributed by atoms with E-state index in [9.17, 15) is 57.5 Å². The second kappa shape index (κ2) is 58.4. The van der Waals surface area contributed by atoms with Crippen LogP contribution in [0.2, 0.25) is 5.02 Å². The molecule has 39 heteroatoms. The summed E-state index contributed by atoms with van der Waals surface area (Å²) < 4.78 is 84.7. The molecule has 142 heavy (non-hydrogen) atoms. The molecule has 6 heterocycles. The molecule has 744 valence electrons. The number of benzene rings is 9. The van der Waals surface area contributed by atoms with Crippen molar-refractivity contribution in [1.82, 2.24) is 0 Å². The quantitative estimate of drug-likeness (QED) is 0.0119. The van der Waals surface area contributed by atoms with Crippen LogP contribution in [0.1, 0.15) is 109 Å². The number of halogens is 12. The van der Waals surface area contributed by atoms with Crippen LogP contribution in [0.15, 0.2) is 259 Å². The van der Waals surface area contributed by atoms with Crippen molar-refractivity contribution in [3.8, 4) is 17.2 Å². The zero-order valence-corrected chi connectivity index (χ0v) is 92.8. The minimum absolute atomic E-state index is 0.00640. The molecule has 0 bridgehead atoms. The van der Waals surface area contributed by atoms with Crippen LogP contribution >= 0.6 is 194 Å². The maximum absolute atomic E-state index is 12.1. The van der Waals surface area contributed by atoms with E-state index in [0.29, 0.717) is 138 Å². The van der Waals surface area contributed by atoms with Gasteiger partial charge in [0.2, 0.25) is 0 Å². The number of hydrogen-bond donors (Lipinski definition) is 0. The lowest BCUT2D eigenvalue weighted by atomic mass is 10.1. The van der Waals surface area contributed by atoms with E-state index in [4.69, 9.17) is 117 Å². The summed E-state index contributed by atoms with van der Waals surface area (Å²) in [7, 11) is 4.71. The summed E-state index contributed by atoms with van der Waals surface area (Å²) in [5.74, 6) is -1.57. The third kappa shape index (κ3) is 35.9. The zero-order chi connectivity index (χ0) is 102. The van der Waals surface area contributed by atoms with Gasteiger partial charge in [-0.05, 0) is 338 Å². The van der Waals surface area contributed by atoms with Gasteiger partial charge in [-0.25, -0.2) is 43.2 Å². The summed E-state index contributed by atoms with van der Waals surface area (Å²) >= 11 is 45.8. The number of carbonyl (C=O) groups is 12. The van der Waals surface area contributed by atoms with Gasteiger partial charge in [0.25, 0.3) is 0 Å². The molecule has 0 saturated heterocycles. The molecule has 6 atom stereocenters. The average molecular weight is 2680 g/mol. The Hall–Kier alpha value is -9.79. The molecule has 0 radical (unpaired) electrons. The molecule has 6 aliphatic heterocycles. The predicted octanol–water partition coefficient (Wildman–Crippen LogP) is 22.9. The smallest absolute Gasteiger partial charge is 0.339 e. The molecule has 0 amide bonds. The molecule has 0 N–H and O–H groups in total. The molecule has 0 spiro atoms. The van der Waals surface area contributed by atoms with E-state index in [0.717, 1.165) is 50.6 Å². The highest BCUT2D eigenvalue weighted by Crippen LogP contribution is 2.37. The lowest BCUT2D eigenvalue weighted by Gasteiger charge is -2.09. The van der Waals surface area contributed by atoms with Crippen molar-refractivity contribution in [2.75, 3.05) is 78.6 Å². The number of unbranched alkanes of at least 4 members (excludes halogenated alkanes) is 1. The van der Waals surface area contributed by atoms with E-state index in [-0.39, 0.29) is 70.4 Å². The molecule has 0 saturated carbocycles. The Morgan fingerprint density at radius 2 is 0.542 bits per heavy atom. The fourth-order valence-electron chi connectivity index (χ4n) is 13.3. The molecule has 27 nitrogen and oxygen atoms in total. The van der Waals surface area contributed by atoms with Crippen molar-refractivity contribution in [3.63, 3.8) is 0 Å². The van der Waals surface area contributed by atoms with Crippen molar-refractivity contribution in [1.29, 1.82) is 0 Å². The Morgan fingerprint density at radius 1 is 0.296 bits per heavy atom. The molecule has 0 fully saturated rings. The maximum Gasteiger partial charge on any atom is 0.339 e. The van der Waals surface area contributed by atoms with E-state index in [1.165, 1.54) is 0 Å². The summed E-state index contributed by atoms with van der Waals surface area (Å²) in [4.78, 5) is 143. The first-order valence-electron chi connectivity index (χ1n) is 43.0. The first kappa shape index (κ1) is 114. The third-order valence-electron chi connectivity index (χ3n) is 20.1. The zero-order valence-electron chi connectivity index (χ0n) is 75.4. The largest absolute Gasteiger partial charge is 0.496 e. The summed E-state index contributed by atoms with van der Waals surface area (Å²) in [6.45, 7) is -0.00511. The van der Waals surface area contributed by atoms with Gasteiger partial charge in [-0.15, -0.1) is 34.8 Å². The number of hydrogen-bond acceptors (Lipinski definition) is 27. The molecule has 15 rings (SSSR count). The van der Waals surface area contributed by atoms with Crippen molar-refractivity contribution in [3.05, 3.63) is 325 Å². The fraction of sp³-hybridized carbons (Fsp3) is 0.243. The average Bonchev–Trinajstić information content (AvgIpc) is 1.71. The van der Waals surface area contributed by atoms with Crippen molar-refractivity contribution >= 4 is 299 Å². The normalized spacial score (nSPS) is 16.6. The van der Waals surface area contributed by atoms with Crippen LogP contribution in [0.5, 0.6) is 17.2 Å². The third-order valence-corrected chi connectivity index (χ3v) is 26.0. The van der Waals surface area contributed by atoms with E-state index in [1.54, 1.807) is 191 Å². The number of carbonyl (C=O) groups excluding carboxylic acids is 12. The minimum Gasteiger partial charge on any atom is -0.496 e. The molecule has 6 aliphatic rings. The molecular weight excluding hydrogens is 2590 g/mol. The van der Waals surface area contributed by atoms with Crippen molar-refractivity contribution in [2.45, 2.75) is 81.6 Å². The van der Waals surface area contributed by atoms with Gasteiger partial charge in [-0.3, -0.25) is 14.4 Å². The van der Waals surface area contributed by atoms with Gasteiger partial charge in [-0.1, -0.05) is 116 Å². The summed E-state index contributed by atoms with van der Waals surface area (Å²) in [6, 6.07) is 59.0. The number of cyclic esters (lactones) is 6. The number of ether oxygens (including phenoxy) is 15. The highest BCUT2D eigenvalue weighted by molar-refractivity contribution is 14.1. The van der Waals surface area contributed by atoms with Gasteiger partial charge in [0.15, 0.2) is 36.6 Å². The fourth-order valence-corrected chi connectivity index (χ4v) is 18.0. The van der Waals surface area contributed by atoms with Crippen LogP contribution in [0.3, 0.4) is 0 Å². The van der Waals surface area contributed by atoms with E-state index in [1.807, 2.05) is 66.7 Å². The van der Waals surface area contributed by atoms with Gasteiger partial charge in [0.1, 0.15) is 56.9 Å². The van der Waals surface area contributed by atoms with Crippen LogP contribution in [-0.2, 0) is 100.0 Å². The highest BCUT2D eigenvalue weighted by Gasteiger charge is 2.35. The standard InChI is InChI=1S/C19H14BrIO5.C18H12BrIO4.C18H12ClIO4.C17H18BrClO5.C16H16BrClO5.C15H14BrClO4/c1-24-17-6-5-11(8-16(17)20)15-9-14(26-19(15)23)10-25-18(22)12-3-2-4-13(21)7-12;2*19-13-5-1-3-11(7-13)16-9-15(24-18(16)22)10-23-17(21)12-4-2-6-14(20)8-12;1-22-15-6-5-11(8-14(15)18)13-9-12(24-17(13)21)10-23-16(20)4-2-3-7-19;1-21-14-5-4-10(7-13(14)17)12-8-11(23-16(12)20)9-22-15(19)3-2-6-18;16-11-4-1-3-10(7-11)13-8-12(21-15(13)19)9-20-14(18)5-2-6-17/h2-9,14H,10H2,1H3;2*1-9,15H,10H2;5-6,8-9,12H,2-4,7,10H2,1H3;4-5,7-8,11H,2-3,6,9H2,1H3;1,3-4,7-8,12H,2,5-6,9H2. The van der Waals surface area contributed by atoms with Crippen LogP contribution < -0.4 is 14.2 Å². The Morgan fingerprint density at radius 3 is 0.789 bits per heavy atom. The van der Waals surface area contributed by atoms with E-state index in [2.05, 4.69) is 147 Å². The van der Waals surface area contributed by atoms with Gasteiger partial charge in [0.05, 0.1) is 84.9 Å². The second-order valence-corrected chi connectivity index (χ2v) is 40.0. The molecule has 0 aliphatic carbocycles. The Labute approximate surface area is 920 Å². The Balaban J connectivity index is 0.000000175. The number of alkyl halides is 3. The molecule has 9 aromatic rings. The minimum atomic E-state index is -0.606. The summed E-state index contributed by atoms with van der Waals surface area (Å²) in [6.07, 6.45) is 9.99. The van der Waals surface area contributed by atoms with Crippen molar-refractivity contribution < 1.29 is 129 Å². The second-order valence-electron chi connectivity index (χ2n) is 30.3. The van der Waals surface area contributed by atoms with Gasteiger partial charge in [0, 0.05) is 61.6 Å². The van der Waals surface area contributed by atoms with Crippen LogP contribution in [0.4, 0.5) is 0 Å². The Kier molecular flexibility index (Phi) is 46.9. The maximum atomic E-state index is 12.1. The van der Waals surface area contributed by atoms with E-state index < -0.39 is 90.3 Å². The molecule has 9 aromatic carbocycles. The van der Waals surface area contributed by atoms with Gasteiger partial charge < -0.3 is 71.1 Å². The first-order valence-corrected chi connectivity index (χ1v) is 52.2. The molecule has 0 aromatic heterocycles. The monoisotopic (exact) mass is 2670 g/mol. The van der Waals surface area contributed by atoms with Crippen molar-refractivity contribution in [2.24, 2.45) is 0 Å². The molecular formula is C103H86Br5Cl4I3O27. The van der Waals surface area contributed by atoms with Crippen LogP contribution in [0.25, 0.3) is 33.4 Å². The lowest BCUT2D eigenvalue weighted by molar-refractivity contribution is -0.151. The lowest BCUT2D eigenvalue weighted by Crippen LogP contribution is -2.18.